The largest absolute Gasteiger partial charge is 0.480 e. The topological polar surface area (TPSA) is 91.8 Å². The summed E-state index contributed by atoms with van der Waals surface area (Å²) in [4.78, 5) is 29.6. The molecule has 7 nitrogen and oxygen atoms in total. The van der Waals surface area contributed by atoms with E-state index in [0.717, 1.165) is 43.4 Å². The van der Waals surface area contributed by atoms with Crippen LogP contribution in [0.3, 0.4) is 0 Å². The smallest absolute Gasteiger partial charge is 0.325 e. The van der Waals surface area contributed by atoms with Crippen LogP contribution in [0.4, 0.5) is 0 Å². The number of aromatic nitrogens is 1. The highest BCUT2D eigenvalue weighted by molar-refractivity contribution is 7.13. The van der Waals surface area contributed by atoms with Crippen molar-refractivity contribution in [3.8, 4) is 10.6 Å². The molecule has 1 aliphatic rings. The molecule has 2 heterocycles. The van der Waals surface area contributed by atoms with Crippen molar-refractivity contribution >= 4 is 23.2 Å². The normalized spacial score (nSPS) is 16.0. The molecule has 3 rings (SSSR count). The number of hydrogen-bond donors (Lipinski definition) is 2. The Morgan fingerprint density at radius 2 is 2.15 bits per heavy atom. The van der Waals surface area contributed by atoms with Crippen molar-refractivity contribution in [2.75, 3.05) is 26.3 Å². The lowest BCUT2D eigenvalue weighted by atomic mass is 10.1. The molecule has 1 amide bonds. The summed E-state index contributed by atoms with van der Waals surface area (Å²) in [5.74, 6) is -1.40. The van der Waals surface area contributed by atoms with Gasteiger partial charge in [0.2, 0.25) is 5.91 Å². The van der Waals surface area contributed by atoms with Crippen LogP contribution in [0, 0.1) is 0 Å². The van der Waals surface area contributed by atoms with Crippen LogP contribution in [0.15, 0.2) is 29.6 Å². The van der Waals surface area contributed by atoms with E-state index in [1.165, 1.54) is 23.8 Å². The molecule has 1 aromatic heterocycles. The van der Waals surface area contributed by atoms with Gasteiger partial charge in [-0.2, -0.15) is 0 Å². The van der Waals surface area contributed by atoms with Crippen molar-refractivity contribution in [1.82, 2.24) is 15.2 Å². The third kappa shape index (κ3) is 5.59. The van der Waals surface area contributed by atoms with Crippen LogP contribution in [0.1, 0.15) is 18.2 Å². The van der Waals surface area contributed by atoms with E-state index in [0.29, 0.717) is 5.69 Å². The fourth-order valence-corrected chi connectivity index (χ4v) is 3.68. The number of nitrogens with one attached hydrogen (secondary N) is 1. The molecular formula is C19H23N3O4S. The van der Waals surface area contributed by atoms with E-state index in [-0.39, 0.29) is 12.3 Å². The maximum absolute atomic E-state index is 11.9. The Kier molecular flexibility index (Phi) is 6.54. The highest BCUT2D eigenvalue weighted by atomic mass is 32.1. The van der Waals surface area contributed by atoms with Gasteiger partial charge in [-0.15, -0.1) is 11.3 Å². The standard InChI is InChI=1S/C19H23N3O4S/c1-13(19(24)25)20-17(23)10-16-12-27-18(21-16)15-4-2-3-14(9-15)11-22-5-7-26-8-6-22/h2-4,9,12-13H,5-8,10-11H2,1H3,(H,20,23)(H,24,25). The third-order valence-corrected chi connectivity index (χ3v) is 5.27. The second-order valence-corrected chi connectivity index (χ2v) is 7.40. The van der Waals surface area contributed by atoms with Crippen LogP contribution in [-0.2, 0) is 27.3 Å². The van der Waals surface area contributed by atoms with Crippen LogP contribution in [0.5, 0.6) is 0 Å². The molecule has 0 aliphatic carbocycles. The van der Waals surface area contributed by atoms with Crippen LogP contribution >= 0.6 is 11.3 Å². The van der Waals surface area contributed by atoms with Gasteiger partial charge >= 0.3 is 5.97 Å². The first kappa shape index (κ1) is 19.5. The molecule has 1 fully saturated rings. The van der Waals surface area contributed by atoms with Gasteiger partial charge in [0.15, 0.2) is 0 Å². The molecular weight excluding hydrogens is 366 g/mol. The number of carboxylic acid groups (broad SMARTS) is 1. The molecule has 2 aromatic rings. The van der Waals surface area contributed by atoms with Gasteiger partial charge in [-0.25, -0.2) is 4.98 Å². The summed E-state index contributed by atoms with van der Waals surface area (Å²) in [6, 6.07) is 7.36. The predicted molar refractivity (Wildman–Crippen MR) is 103 cm³/mol. The SMILES string of the molecule is CC(NC(=O)Cc1csc(-c2cccc(CN3CCOCC3)c2)n1)C(=O)O. The minimum Gasteiger partial charge on any atom is -0.480 e. The molecule has 1 aromatic carbocycles. The maximum atomic E-state index is 11.9. The Bertz CT molecular complexity index is 802. The number of carbonyl (C=O) groups is 2. The van der Waals surface area contributed by atoms with Crippen LogP contribution in [0.2, 0.25) is 0 Å². The number of morpholine rings is 1. The van der Waals surface area contributed by atoms with E-state index in [4.69, 9.17) is 9.84 Å². The molecule has 0 spiro atoms. The van der Waals surface area contributed by atoms with Crippen LogP contribution in [-0.4, -0.2) is 59.2 Å². The number of benzene rings is 1. The van der Waals surface area contributed by atoms with Gasteiger partial charge in [0, 0.05) is 30.6 Å². The van der Waals surface area contributed by atoms with Crippen molar-refractivity contribution in [1.29, 1.82) is 0 Å². The van der Waals surface area contributed by atoms with Gasteiger partial charge < -0.3 is 15.2 Å². The number of nitrogens with zero attached hydrogens (tertiary/aromatic N) is 2. The first-order chi connectivity index (χ1) is 13.0. The summed E-state index contributed by atoms with van der Waals surface area (Å²) in [5.41, 5.74) is 2.89. The average Bonchev–Trinajstić information content (AvgIpc) is 3.11. The number of amides is 1. The summed E-state index contributed by atoms with van der Waals surface area (Å²) >= 11 is 1.48. The van der Waals surface area contributed by atoms with Gasteiger partial charge in [0.05, 0.1) is 25.3 Å². The lowest BCUT2D eigenvalue weighted by molar-refractivity contribution is -0.141. The fraction of sp³-hybridized carbons (Fsp3) is 0.421. The van der Waals surface area contributed by atoms with Gasteiger partial charge in [-0.05, 0) is 18.6 Å². The Labute approximate surface area is 162 Å². The Balaban J connectivity index is 1.62. The van der Waals surface area contributed by atoms with Crippen molar-refractivity contribution in [2.45, 2.75) is 25.9 Å². The van der Waals surface area contributed by atoms with Crippen molar-refractivity contribution in [3.63, 3.8) is 0 Å². The minimum absolute atomic E-state index is 0.0710. The molecule has 1 unspecified atom stereocenters. The van der Waals surface area contributed by atoms with Crippen molar-refractivity contribution < 1.29 is 19.4 Å². The van der Waals surface area contributed by atoms with Crippen LogP contribution in [0.25, 0.3) is 10.6 Å². The van der Waals surface area contributed by atoms with E-state index in [1.54, 1.807) is 0 Å². The number of rotatable bonds is 7. The van der Waals surface area contributed by atoms with Gasteiger partial charge in [-0.1, -0.05) is 18.2 Å². The summed E-state index contributed by atoms with van der Waals surface area (Å²) in [5, 5.41) is 14.0. The molecule has 8 heteroatoms. The second-order valence-electron chi connectivity index (χ2n) is 6.54. The lowest BCUT2D eigenvalue weighted by Gasteiger charge is -2.26. The third-order valence-electron chi connectivity index (χ3n) is 4.33. The second kappa shape index (κ2) is 9.07. The highest BCUT2D eigenvalue weighted by Crippen LogP contribution is 2.25. The van der Waals surface area contributed by atoms with E-state index in [2.05, 4.69) is 27.3 Å². The predicted octanol–water partition coefficient (Wildman–Crippen LogP) is 1.77. The lowest BCUT2D eigenvalue weighted by Crippen LogP contribution is -2.39. The summed E-state index contributed by atoms with van der Waals surface area (Å²) in [6.07, 6.45) is 0.0710. The zero-order valence-electron chi connectivity index (χ0n) is 15.2. The number of hydrogen-bond acceptors (Lipinski definition) is 6. The first-order valence-electron chi connectivity index (χ1n) is 8.87. The van der Waals surface area contributed by atoms with Crippen molar-refractivity contribution in [2.24, 2.45) is 0 Å². The monoisotopic (exact) mass is 389 g/mol. The fourth-order valence-electron chi connectivity index (χ4n) is 2.86. The van der Waals surface area contributed by atoms with E-state index in [9.17, 15) is 9.59 Å². The molecule has 144 valence electrons. The number of thiazole rings is 1. The summed E-state index contributed by atoms with van der Waals surface area (Å²) in [7, 11) is 0. The number of ether oxygens (including phenoxy) is 1. The van der Waals surface area contributed by atoms with Gasteiger partial charge in [0.1, 0.15) is 11.0 Å². The van der Waals surface area contributed by atoms with Crippen LogP contribution < -0.4 is 5.32 Å². The molecule has 1 saturated heterocycles. The first-order valence-corrected chi connectivity index (χ1v) is 9.75. The number of carboxylic acids is 1. The number of carbonyl (C=O) groups excluding carboxylic acids is 1. The molecule has 27 heavy (non-hydrogen) atoms. The molecule has 0 bridgehead atoms. The summed E-state index contributed by atoms with van der Waals surface area (Å²) in [6.45, 7) is 5.75. The summed E-state index contributed by atoms with van der Waals surface area (Å²) < 4.78 is 5.39. The quantitative estimate of drug-likeness (QED) is 0.750. The Morgan fingerprint density at radius 1 is 1.37 bits per heavy atom. The zero-order valence-corrected chi connectivity index (χ0v) is 16.0. The van der Waals surface area contributed by atoms with E-state index in [1.807, 2.05) is 17.5 Å². The average molecular weight is 389 g/mol. The zero-order chi connectivity index (χ0) is 19.2. The highest BCUT2D eigenvalue weighted by Gasteiger charge is 2.16. The maximum Gasteiger partial charge on any atom is 0.325 e. The molecule has 2 N–H and O–H groups in total. The Morgan fingerprint density at radius 3 is 2.89 bits per heavy atom. The van der Waals surface area contributed by atoms with Crippen molar-refractivity contribution in [3.05, 3.63) is 40.9 Å². The molecule has 1 atom stereocenters. The number of aliphatic carboxylic acids is 1. The molecule has 0 radical (unpaired) electrons. The van der Waals surface area contributed by atoms with E-state index < -0.39 is 12.0 Å². The minimum atomic E-state index is -1.06. The molecule has 0 saturated carbocycles. The van der Waals surface area contributed by atoms with Gasteiger partial charge in [0.25, 0.3) is 0 Å². The molecule has 1 aliphatic heterocycles. The van der Waals surface area contributed by atoms with Gasteiger partial charge in [-0.3, -0.25) is 14.5 Å². The van der Waals surface area contributed by atoms with E-state index >= 15 is 0 Å². The Hall–Kier alpha value is -2.29.